The Morgan fingerprint density at radius 1 is 1.29 bits per heavy atom. The summed E-state index contributed by atoms with van der Waals surface area (Å²) in [4.78, 5) is 0. The van der Waals surface area contributed by atoms with E-state index in [4.69, 9.17) is 0 Å². The van der Waals surface area contributed by atoms with E-state index in [1.54, 1.807) is 0 Å². The SMILES string of the molecule is CCCCC1[C-]=Cc2ccccc21.[Cr]. The minimum absolute atomic E-state index is 0. The first kappa shape index (κ1) is 11.6. The van der Waals surface area contributed by atoms with Crippen LogP contribution in [-0.4, -0.2) is 0 Å². The van der Waals surface area contributed by atoms with Crippen LogP contribution in [0.4, 0.5) is 0 Å². The summed E-state index contributed by atoms with van der Waals surface area (Å²) in [6.07, 6.45) is 9.40. The molecule has 14 heavy (non-hydrogen) atoms. The fourth-order valence-electron chi connectivity index (χ4n) is 1.89. The average molecular weight is 223 g/mol. The van der Waals surface area contributed by atoms with E-state index < -0.39 is 0 Å². The fraction of sp³-hybridized carbons (Fsp3) is 0.385. The Bertz CT molecular complexity index is 315. The Hall–Kier alpha value is -0.508. The van der Waals surface area contributed by atoms with Crippen molar-refractivity contribution < 1.29 is 17.4 Å². The van der Waals surface area contributed by atoms with Crippen molar-refractivity contribution in [1.82, 2.24) is 0 Å². The van der Waals surface area contributed by atoms with E-state index in [0.717, 1.165) is 0 Å². The molecule has 1 heteroatoms. The van der Waals surface area contributed by atoms with Crippen molar-refractivity contribution >= 4 is 6.08 Å². The smallest absolute Gasteiger partial charge is 0 e. The van der Waals surface area contributed by atoms with Crippen LogP contribution < -0.4 is 0 Å². The molecule has 0 aromatic heterocycles. The fourth-order valence-corrected chi connectivity index (χ4v) is 1.89. The molecular formula is C13H15Cr-. The first-order valence-corrected chi connectivity index (χ1v) is 5.10. The molecular weight excluding hydrogens is 208 g/mol. The van der Waals surface area contributed by atoms with Crippen molar-refractivity contribution in [2.45, 2.75) is 32.1 Å². The summed E-state index contributed by atoms with van der Waals surface area (Å²) >= 11 is 0. The second kappa shape index (κ2) is 5.39. The summed E-state index contributed by atoms with van der Waals surface area (Å²) in [6.45, 7) is 2.24. The summed E-state index contributed by atoms with van der Waals surface area (Å²) in [5, 5.41) is 0. The Morgan fingerprint density at radius 2 is 2.07 bits per heavy atom. The monoisotopic (exact) mass is 223 g/mol. The van der Waals surface area contributed by atoms with Crippen molar-refractivity contribution in [3.8, 4) is 0 Å². The average Bonchev–Trinajstić information content (AvgIpc) is 2.58. The van der Waals surface area contributed by atoms with Crippen molar-refractivity contribution in [2.24, 2.45) is 0 Å². The van der Waals surface area contributed by atoms with Gasteiger partial charge in [-0.25, -0.2) is 6.08 Å². The largest absolute Gasteiger partial charge is 0.268 e. The second-order valence-corrected chi connectivity index (χ2v) is 3.63. The van der Waals surface area contributed by atoms with E-state index in [0.29, 0.717) is 5.92 Å². The third-order valence-electron chi connectivity index (χ3n) is 2.66. The Balaban J connectivity index is 0.000000980. The summed E-state index contributed by atoms with van der Waals surface area (Å²) in [6, 6.07) is 8.62. The van der Waals surface area contributed by atoms with Crippen LogP contribution in [0.1, 0.15) is 43.2 Å². The molecule has 0 saturated heterocycles. The molecule has 2 rings (SSSR count). The summed E-state index contributed by atoms with van der Waals surface area (Å²) in [5.74, 6) is 0.566. The normalized spacial score (nSPS) is 17.6. The number of benzene rings is 1. The van der Waals surface area contributed by atoms with Crippen LogP contribution in [0, 0.1) is 6.08 Å². The maximum absolute atomic E-state index is 3.43. The van der Waals surface area contributed by atoms with Gasteiger partial charge in [-0.05, 0) is 0 Å². The van der Waals surface area contributed by atoms with Gasteiger partial charge in [0.1, 0.15) is 0 Å². The van der Waals surface area contributed by atoms with E-state index in [-0.39, 0.29) is 17.4 Å². The molecule has 0 spiro atoms. The molecule has 0 fully saturated rings. The minimum Gasteiger partial charge on any atom is -0.268 e. The number of allylic oxidation sites excluding steroid dienone is 1. The number of hydrogen-bond acceptors (Lipinski definition) is 0. The van der Waals surface area contributed by atoms with E-state index in [1.165, 1.54) is 30.4 Å². The molecule has 0 radical (unpaired) electrons. The molecule has 0 bridgehead atoms. The van der Waals surface area contributed by atoms with E-state index in [1.807, 2.05) is 0 Å². The summed E-state index contributed by atoms with van der Waals surface area (Å²) < 4.78 is 0. The van der Waals surface area contributed by atoms with Crippen molar-refractivity contribution in [3.63, 3.8) is 0 Å². The van der Waals surface area contributed by atoms with Gasteiger partial charge in [-0.3, -0.25) is 6.08 Å². The minimum atomic E-state index is 0. The van der Waals surface area contributed by atoms with Crippen molar-refractivity contribution in [1.29, 1.82) is 0 Å². The van der Waals surface area contributed by atoms with Gasteiger partial charge in [0.25, 0.3) is 0 Å². The first-order chi connectivity index (χ1) is 6.42. The van der Waals surface area contributed by atoms with Gasteiger partial charge >= 0.3 is 0 Å². The van der Waals surface area contributed by atoms with Gasteiger partial charge < -0.3 is 0 Å². The topological polar surface area (TPSA) is 0 Å². The molecule has 0 nitrogen and oxygen atoms in total. The molecule has 0 amide bonds. The predicted molar refractivity (Wildman–Crippen MR) is 56.4 cm³/mol. The third-order valence-corrected chi connectivity index (χ3v) is 2.66. The molecule has 1 atom stereocenters. The van der Waals surface area contributed by atoms with Gasteiger partial charge in [-0.15, -0.1) is 11.6 Å². The van der Waals surface area contributed by atoms with Gasteiger partial charge in [0.2, 0.25) is 0 Å². The van der Waals surface area contributed by atoms with Crippen LogP contribution in [-0.2, 0) is 17.4 Å². The van der Waals surface area contributed by atoms with Gasteiger partial charge in [-0.1, -0.05) is 50.3 Å². The number of rotatable bonds is 3. The standard InChI is InChI=1S/C13H15.Cr/c1-2-3-6-11-9-10-12-7-4-5-8-13(11)12;/h4-5,7-8,10-11H,2-3,6H2,1H3;/q-1;. The number of hydrogen-bond donors (Lipinski definition) is 0. The summed E-state index contributed by atoms with van der Waals surface area (Å²) in [5.41, 5.74) is 2.83. The van der Waals surface area contributed by atoms with Crippen LogP contribution in [0.3, 0.4) is 0 Å². The molecule has 1 unspecified atom stereocenters. The molecule has 1 aliphatic rings. The van der Waals surface area contributed by atoms with E-state index in [2.05, 4.69) is 43.3 Å². The first-order valence-electron chi connectivity index (χ1n) is 5.10. The zero-order valence-corrected chi connectivity index (χ0v) is 9.77. The molecule has 1 aliphatic carbocycles. The zero-order valence-electron chi connectivity index (χ0n) is 8.49. The van der Waals surface area contributed by atoms with Crippen LogP contribution >= 0.6 is 0 Å². The zero-order chi connectivity index (χ0) is 9.10. The molecule has 0 saturated carbocycles. The van der Waals surface area contributed by atoms with Crippen LogP contribution in [0.15, 0.2) is 24.3 Å². The van der Waals surface area contributed by atoms with Gasteiger partial charge in [0, 0.05) is 17.4 Å². The molecule has 1 aromatic carbocycles. The quantitative estimate of drug-likeness (QED) is 0.684. The van der Waals surface area contributed by atoms with Crippen molar-refractivity contribution in [3.05, 3.63) is 41.5 Å². The van der Waals surface area contributed by atoms with Gasteiger partial charge in [-0.2, -0.15) is 5.56 Å². The molecule has 0 heterocycles. The van der Waals surface area contributed by atoms with Crippen molar-refractivity contribution in [2.75, 3.05) is 0 Å². The number of fused-ring (bicyclic) bond motifs is 1. The predicted octanol–water partition coefficient (Wildman–Crippen LogP) is 3.79. The molecule has 0 N–H and O–H groups in total. The maximum atomic E-state index is 3.43. The third kappa shape index (κ3) is 2.29. The van der Waals surface area contributed by atoms with Crippen LogP contribution in [0.5, 0.6) is 0 Å². The Kier molecular flexibility index (Phi) is 4.46. The molecule has 0 aliphatic heterocycles. The van der Waals surface area contributed by atoms with E-state index in [9.17, 15) is 0 Å². The van der Waals surface area contributed by atoms with Crippen LogP contribution in [0.2, 0.25) is 0 Å². The van der Waals surface area contributed by atoms with Gasteiger partial charge in [0.15, 0.2) is 0 Å². The second-order valence-electron chi connectivity index (χ2n) is 3.63. The Labute approximate surface area is 97.2 Å². The van der Waals surface area contributed by atoms with Gasteiger partial charge in [0.05, 0.1) is 0 Å². The van der Waals surface area contributed by atoms with Crippen LogP contribution in [0.25, 0.3) is 6.08 Å². The maximum Gasteiger partial charge on any atom is 0 e. The molecule has 74 valence electrons. The van der Waals surface area contributed by atoms with E-state index >= 15 is 0 Å². The Morgan fingerprint density at radius 3 is 2.86 bits per heavy atom. The number of unbranched alkanes of at least 4 members (excludes halogenated alkanes) is 1. The summed E-state index contributed by atoms with van der Waals surface area (Å²) in [7, 11) is 0. The molecule has 1 aromatic rings.